The van der Waals surface area contributed by atoms with E-state index in [1.807, 2.05) is 0 Å². The summed E-state index contributed by atoms with van der Waals surface area (Å²) < 4.78 is 13.4. The molecule has 1 saturated heterocycles. The van der Waals surface area contributed by atoms with Gasteiger partial charge in [0.25, 0.3) is 0 Å². The van der Waals surface area contributed by atoms with Crippen molar-refractivity contribution >= 4 is 11.6 Å². The van der Waals surface area contributed by atoms with Gasteiger partial charge in [-0.2, -0.15) is 0 Å². The zero-order valence-corrected chi connectivity index (χ0v) is 7.61. The SMILES string of the molecule is O=C1C2CC2CN1c1ccccc1F. The Morgan fingerprint density at radius 3 is 2.79 bits per heavy atom. The first-order valence-electron chi connectivity index (χ1n) is 4.83. The Hall–Kier alpha value is -1.38. The normalized spacial score (nSPS) is 29.2. The van der Waals surface area contributed by atoms with Crippen molar-refractivity contribution in [1.29, 1.82) is 0 Å². The fourth-order valence-corrected chi connectivity index (χ4v) is 2.16. The largest absolute Gasteiger partial charge is 0.309 e. The first-order valence-corrected chi connectivity index (χ1v) is 4.83. The van der Waals surface area contributed by atoms with Crippen LogP contribution in [0, 0.1) is 17.7 Å². The highest BCUT2D eigenvalue weighted by Crippen LogP contribution is 2.47. The lowest BCUT2D eigenvalue weighted by Gasteiger charge is -2.18. The van der Waals surface area contributed by atoms with E-state index in [1.165, 1.54) is 6.07 Å². The smallest absolute Gasteiger partial charge is 0.230 e. The van der Waals surface area contributed by atoms with Crippen LogP contribution in [0.2, 0.25) is 0 Å². The van der Waals surface area contributed by atoms with Gasteiger partial charge in [0, 0.05) is 12.5 Å². The number of hydrogen-bond acceptors (Lipinski definition) is 1. The first kappa shape index (κ1) is 7.97. The predicted molar refractivity (Wildman–Crippen MR) is 50.4 cm³/mol. The third kappa shape index (κ3) is 0.983. The maximum absolute atomic E-state index is 13.4. The number of fused-ring (bicyclic) bond motifs is 1. The van der Waals surface area contributed by atoms with Crippen molar-refractivity contribution in [3.63, 3.8) is 0 Å². The second kappa shape index (κ2) is 2.56. The molecule has 0 N–H and O–H groups in total. The molecule has 1 aromatic rings. The van der Waals surface area contributed by atoms with E-state index in [4.69, 9.17) is 0 Å². The van der Waals surface area contributed by atoms with Crippen molar-refractivity contribution in [3.8, 4) is 0 Å². The van der Waals surface area contributed by atoms with Crippen LogP contribution >= 0.6 is 0 Å². The molecule has 1 aromatic carbocycles. The molecular weight excluding hydrogens is 181 g/mol. The molecule has 1 amide bonds. The highest BCUT2D eigenvalue weighted by atomic mass is 19.1. The fraction of sp³-hybridized carbons (Fsp3) is 0.364. The van der Waals surface area contributed by atoms with Gasteiger partial charge in [0.2, 0.25) is 5.91 Å². The Bertz CT molecular complexity index is 404. The second-order valence-electron chi connectivity index (χ2n) is 4.00. The number of rotatable bonds is 1. The van der Waals surface area contributed by atoms with E-state index in [9.17, 15) is 9.18 Å². The minimum absolute atomic E-state index is 0.0973. The Balaban J connectivity index is 1.96. The summed E-state index contributed by atoms with van der Waals surface area (Å²) in [6.07, 6.45) is 1.00. The topological polar surface area (TPSA) is 20.3 Å². The van der Waals surface area contributed by atoms with E-state index in [1.54, 1.807) is 23.1 Å². The van der Waals surface area contributed by atoms with Gasteiger partial charge in [-0.1, -0.05) is 12.1 Å². The van der Waals surface area contributed by atoms with Crippen LogP contribution < -0.4 is 4.90 Å². The van der Waals surface area contributed by atoms with Crippen LogP contribution in [0.1, 0.15) is 6.42 Å². The lowest BCUT2D eigenvalue weighted by molar-refractivity contribution is -0.118. The summed E-state index contributed by atoms with van der Waals surface area (Å²) in [7, 11) is 0. The third-order valence-corrected chi connectivity index (χ3v) is 3.07. The van der Waals surface area contributed by atoms with Crippen LogP contribution in [0.25, 0.3) is 0 Å². The van der Waals surface area contributed by atoms with Gasteiger partial charge in [-0.15, -0.1) is 0 Å². The van der Waals surface area contributed by atoms with Crippen molar-refractivity contribution in [2.45, 2.75) is 6.42 Å². The summed E-state index contributed by atoms with van der Waals surface area (Å²) in [5.74, 6) is 0.471. The van der Waals surface area contributed by atoms with Crippen LogP contribution in [0.3, 0.4) is 0 Å². The van der Waals surface area contributed by atoms with E-state index in [0.717, 1.165) is 6.42 Å². The van der Waals surface area contributed by atoms with Gasteiger partial charge >= 0.3 is 0 Å². The minimum atomic E-state index is -0.304. The van der Waals surface area contributed by atoms with E-state index in [2.05, 4.69) is 0 Å². The van der Waals surface area contributed by atoms with Gasteiger partial charge in [-0.3, -0.25) is 4.79 Å². The molecule has 0 radical (unpaired) electrons. The molecular formula is C11H10FNO. The van der Waals surface area contributed by atoms with Crippen LogP contribution in [0.5, 0.6) is 0 Å². The molecule has 3 rings (SSSR count). The number of para-hydroxylation sites is 1. The van der Waals surface area contributed by atoms with E-state index < -0.39 is 0 Å². The van der Waals surface area contributed by atoms with Crippen molar-refractivity contribution in [2.75, 3.05) is 11.4 Å². The van der Waals surface area contributed by atoms with Crippen LogP contribution in [-0.4, -0.2) is 12.5 Å². The van der Waals surface area contributed by atoms with Crippen LogP contribution in [0.15, 0.2) is 24.3 Å². The molecule has 14 heavy (non-hydrogen) atoms. The van der Waals surface area contributed by atoms with Crippen LogP contribution in [-0.2, 0) is 4.79 Å². The molecule has 1 aliphatic carbocycles. The number of anilines is 1. The quantitative estimate of drug-likeness (QED) is 0.663. The second-order valence-corrected chi connectivity index (χ2v) is 4.00. The molecule has 2 nitrogen and oxygen atoms in total. The lowest BCUT2D eigenvalue weighted by Crippen LogP contribution is -2.28. The average molecular weight is 191 g/mol. The number of nitrogens with zero attached hydrogens (tertiary/aromatic N) is 1. The third-order valence-electron chi connectivity index (χ3n) is 3.07. The Kier molecular flexibility index (Phi) is 1.46. The Labute approximate surface area is 81.3 Å². The fourth-order valence-electron chi connectivity index (χ4n) is 2.16. The number of piperidine rings is 1. The highest BCUT2D eigenvalue weighted by Gasteiger charge is 2.52. The summed E-state index contributed by atoms with van der Waals surface area (Å²) in [4.78, 5) is 13.2. The Morgan fingerprint density at radius 2 is 2.14 bits per heavy atom. The van der Waals surface area contributed by atoms with Crippen molar-refractivity contribution in [1.82, 2.24) is 0 Å². The molecule has 1 saturated carbocycles. The summed E-state index contributed by atoms with van der Waals surface area (Å²) >= 11 is 0. The lowest BCUT2D eigenvalue weighted by atomic mass is 10.2. The number of hydrogen-bond donors (Lipinski definition) is 0. The van der Waals surface area contributed by atoms with Gasteiger partial charge in [0.1, 0.15) is 5.82 Å². The molecule has 1 aliphatic heterocycles. The molecule has 2 fully saturated rings. The summed E-state index contributed by atoms with van der Waals surface area (Å²) in [5.41, 5.74) is 0.435. The van der Waals surface area contributed by atoms with E-state index in [0.29, 0.717) is 18.2 Å². The van der Waals surface area contributed by atoms with Gasteiger partial charge in [-0.25, -0.2) is 4.39 Å². The molecule has 2 atom stereocenters. The van der Waals surface area contributed by atoms with Crippen LogP contribution in [0.4, 0.5) is 10.1 Å². The molecule has 72 valence electrons. The number of halogens is 1. The monoisotopic (exact) mass is 191 g/mol. The number of carbonyl (C=O) groups excluding carboxylic acids is 1. The maximum atomic E-state index is 13.4. The molecule has 2 unspecified atom stereocenters. The average Bonchev–Trinajstić information content (AvgIpc) is 2.88. The van der Waals surface area contributed by atoms with Gasteiger partial charge in [-0.05, 0) is 24.5 Å². The van der Waals surface area contributed by atoms with Crippen molar-refractivity contribution in [3.05, 3.63) is 30.1 Å². The van der Waals surface area contributed by atoms with Gasteiger partial charge in [0.15, 0.2) is 0 Å². The summed E-state index contributed by atoms with van der Waals surface area (Å²) in [6, 6.07) is 6.46. The first-order chi connectivity index (χ1) is 6.77. The minimum Gasteiger partial charge on any atom is -0.309 e. The summed E-state index contributed by atoms with van der Waals surface area (Å²) in [5, 5.41) is 0. The molecule has 0 spiro atoms. The summed E-state index contributed by atoms with van der Waals surface area (Å²) in [6.45, 7) is 0.699. The van der Waals surface area contributed by atoms with Gasteiger partial charge < -0.3 is 4.90 Å². The maximum Gasteiger partial charge on any atom is 0.230 e. The number of amides is 1. The predicted octanol–water partition coefficient (Wildman–Crippen LogP) is 1.81. The standard InChI is InChI=1S/C11H10FNO/c12-9-3-1-2-4-10(9)13-6-7-5-8(7)11(13)14/h1-4,7-8H,5-6H2. The van der Waals surface area contributed by atoms with Crippen molar-refractivity contribution < 1.29 is 9.18 Å². The van der Waals surface area contributed by atoms with E-state index >= 15 is 0 Å². The zero-order chi connectivity index (χ0) is 9.71. The number of benzene rings is 1. The highest BCUT2D eigenvalue weighted by molar-refractivity contribution is 5.99. The van der Waals surface area contributed by atoms with E-state index in [-0.39, 0.29) is 17.6 Å². The van der Waals surface area contributed by atoms with Crippen molar-refractivity contribution in [2.24, 2.45) is 11.8 Å². The molecule has 2 aliphatic rings. The molecule has 0 bridgehead atoms. The van der Waals surface area contributed by atoms with Gasteiger partial charge in [0.05, 0.1) is 5.69 Å². The molecule has 0 aromatic heterocycles. The molecule has 3 heteroatoms. The zero-order valence-electron chi connectivity index (χ0n) is 7.61. The molecule has 1 heterocycles. The number of carbonyl (C=O) groups is 1. The Morgan fingerprint density at radius 1 is 1.36 bits per heavy atom.